The highest BCUT2D eigenvalue weighted by Crippen LogP contribution is 2.23. The van der Waals surface area contributed by atoms with Gasteiger partial charge in [-0.15, -0.1) is 12.6 Å². The Hall–Kier alpha value is -1.16. The van der Waals surface area contributed by atoms with E-state index in [9.17, 15) is 4.79 Å². The number of carbonyl (C=O) groups excluding carboxylic acids is 1. The van der Waals surface area contributed by atoms with E-state index in [1.54, 1.807) is 0 Å². The topological polar surface area (TPSA) is 35.5 Å². The molecule has 4 heteroatoms. The molecule has 88 valence electrons. The normalized spacial score (nSPS) is 9.94. The summed E-state index contributed by atoms with van der Waals surface area (Å²) < 4.78 is 9.91. The van der Waals surface area contributed by atoms with E-state index in [1.807, 2.05) is 18.2 Å². The molecule has 1 aromatic carbocycles. The number of hydrogen-bond acceptors (Lipinski definition) is 4. The van der Waals surface area contributed by atoms with E-state index < -0.39 is 0 Å². The van der Waals surface area contributed by atoms with Gasteiger partial charge in [0.2, 0.25) is 0 Å². The van der Waals surface area contributed by atoms with Gasteiger partial charge in [-0.1, -0.05) is 13.3 Å². The van der Waals surface area contributed by atoms with Crippen LogP contribution in [-0.4, -0.2) is 19.7 Å². The van der Waals surface area contributed by atoms with Crippen LogP contribution >= 0.6 is 12.6 Å². The molecule has 0 aromatic heterocycles. The van der Waals surface area contributed by atoms with Crippen molar-refractivity contribution < 1.29 is 14.3 Å². The van der Waals surface area contributed by atoms with Gasteiger partial charge in [0, 0.05) is 4.90 Å². The summed E-state index contributed by atoms with van der Waals surface area (Å²) in [6, 6.07) is 5.63. The number of rotatable bonds is 5. The predicted molar refractivity (Wildman–Crippen MR) is 65.2 cm³/mol. The number of hydrogen-bond donors (Lipinski definition) is 1. The van der Waals surface area contributed by atoms with E-state index in [-0.39, 0.29) is 12.6 Å². The third-order valence-electron chi connectivity index (χ3n) is 2.14. The minimum atomic E-state index is -0.377. The van der Waals surface area contributed by atoms with E-state index in [4.69, 9.17) is 4.74 Å². The molecule has 0 fully saturated rings. The number of esters is 1. The Balaban J connectivity index is 2.73. The van der Waals surface area contributed by atoms with Crippen molar-refractivity contribution in [1.82, 2.24) is 0 Å². The molecule has 0 atom stereocenters. The van der Waals surface area contributed by atoms with Crippen LogP contribution < -0.4 is 4.74 Å². The summed E-state index contributed by atoms with van der Waals surface area (Å²) in [4.78, 5) is 11.9. The summed E-state index contributed by atoms with van der Waals surface area (Å²) in [5.74, 6) is 0.349. The second-order valence-electron chi connectivity index (χ2n) is 3.41. The zero-order chi connectivity index (χ0) is 12.0. The van der Waals surface area contributed by atoms with Gasteiger partial charge in [-0.2, -0.15) is 0 Å². The molecule has 0 saturated heterocycles. The van der Waals surface area contributed by atoms with Gasteiger partial charge in [-0.3, -0.25) is 0 Å². The van der Waals surface area contributed by atoms with E-state index in [1.165, 1.54) is 7.11 Å². The van der Waals surface area contributed by atoms with Gasteiger partial charge in [0.25, 0.3) is 0 Å². The van der Waals surface area contributed by atoms with Crippen molar-refractivity contribution in [3.05, 3.63) is 23.8 Å². The minimum Gasteiger partial charge on any atom is -0.482 e. The van der Waals surface area contributed by atoms with Crippen molar-refractivity contribution in [1.29, 1.82) is 0 Å². The van der Waals surface area contributed by atoms with Crippen LogP contribution in [0.4, 0.5) is 0 Å². The average Bonchev–Trinajstić information content (AvgIpc) is 2.28. The van der Waals surface area contributed by atoms with Crippen LogP contribution in [0.2, 0.25) is 0 Å². The number of thiol groups is 1. The van der Waals surface area contributed by atoms with Crippen molar-refractivity contribution in [2.24, 2.45) is 0 Å². The molecule has 3 nitrogen and oxygen atoms in total. The number of benzene rings is 1. The molecule has 0 bridgehead atoms. The molecule has 0 aliphatic rings. The Morgan fingerprint density at radius 3 is 2.81 bits per heavy atom. The first kappa shape index (κ1) is 12.9. The molecular formula is C12H16O3S. The van der Waals surface area contributed by atoms with Crippen molar-refractivity contribution >= 4 is 18.6 Å². The summed E-state index contributed by atoms with van der Waals surface area (Å²) in [5, 5.41) is 0. The molecule has 1 rings (SSSR count). The van der Waals surface area contributed by atoms with Gasteiger partial charge in [-0.05, 0) is 30.2 Å². The molecular weight excluding hydrogens is 224 g/mol. The lowest BCUT2D eigenvalue weighted by atomic mass is 10.1. The highest BCUT2D eigenvalue weighted by atomic mass is 32.1. The van der Waals surface area contributed by atoms with E-state index in [0.29, 0.717) is 0 Å². The Labute approximate surface area is 101 Å². The maximum atomic E-state index is 11.0. The molecule has 0 unspecified atom stereocenters. The number of carbonyl (C=O) groups is 1. The fraction of sp³-hybridized carbons (Fsp3) is 0.417. The van der Waals surface area contributed by atoms with Crippen LogP contribution in [0.25, 0.3) is 0 Å². The van der Waals surface area contributed by atoms with Crippen LogP contribution in [0, 0.1) is 0 Å². The molecule has 0 spiro atoms. The fourth-order valence-corrected chi connectivity index (χ4v) is 1.60. The van der Waals surface area contributed by atoms with Crippen molar-refractivity contribution in [2.75, 3.05) is 13.7 Å². The van der Waals surface area contributed by atoms with E-state index in [0.717, 1.165) is 29.1 Å². The Bertz CT molecular complexity index is 363. The predicted octanol–water partition coefficient (Wildman–Crippen LogP) is 2.48. The van der Waals surface area contributed by atoms with Crippen LogP contribution in [0.3, 0.4) is 0 Å². The van der Waals surface area contributed by atoms with Crippen LogP contribution in [0.1, 0.15) is 18.9 Å². The first-order chi connectivity index (χ1) is 7.67. The lowest BCUT2D eigenvalue weighted by Crippen LogP contribution is -2.13. The van der Waals surface area contributed by atoms with Crippen LogP contribution in [-0.2, 0) is 16.0 Å². The standard InChI is InChI=1S/C12H16O3S/c1-3-4-9-7-10(16)5-6-11(9)15-8-12(13)14-2/h5-7,16H,3-4,8H2,1-2H3. The number of methoxy groups -OCH3 is 1. The molecule has 0 radical (unpaired) electrons. The smallest absolute Gasteiger partial charge is 0.343 e. The van der Waals surface area contributed by atoms with Crippen molar-refractivity contribution in [3.8, 4) is 5.75 Å². The SMILES string of the molecule is CCCc1cc(S)ccc1OCC(=O)OC. The Morgan fingerprint density at radius 1 is 1.44 bits per heavy atom. The minimum absolute atomic E-state index is 0.0564. The maximum absolute atomic E-state index is 11.0. The summed E-state index contributed by atoms with van der Waals surface area (Å²) >= 11 is 4.27. The zero-order valence-corrected chi connectivity index (χ0v) is 10.4. The monoisotopic (exact) mass is 240 g/mol. The third-order valence-corrected chi connectivity index (χ3v) is 2.41. The highest BCUT2D eigenvalue weighted by Gasteiger charge is 2.06. The summed E-state index contributed by atoms with van der Waals surface area (Å²) in [7, 11) is 1.34. The molecule has 0 saturated carbocycles. The summed E-state index contributed by atoms with van der Waals surface area (Å²) in [6.07, 6.45) is 1.93. The van der Waals surface area contributed by atoms with E-state index in [2.05, 4.69) is 24.3 Å². The molecule has 0 amide bonds. The third kappa shape index (κ3) is 3.77. The second-order valence-corrected chi connectivity index (χ2v) is 3.92. The van der Waals surface area contributed by atoms with Gasteiger partial charge in [-0.25, -0.2) is 4.79 Å². The van der Waals surface area contributed by atoms with Crippen LogP contribution in [0.15, 0.2) is 23.1 Å². The average molecular weight is 240 g/mol. The maximum Gasteiger partial charge on any atom is 0.343 e. The van der Waals surface area contributed by atoms with Crippen molar-refractivity contribution in [3.63, 3.8) is 0 Å². The molecule has 0 aliphatic heterocycles. The van der Waals surface area contributed by atoms with Gasteiger partial charge in [0.05, 0.1) is 7.11 Å². The molecule has 0 N–H and O–H groups in total. The fourth-order valence-electron chi connectivity index (χ4n) is 1.37. The number of aryl methyl sites for hydroxylation is 1. The summed E-state index contributed by atoms with van der Waals surface area (Å²) in [6.45, 7) is 2.04. The highest BCUT2D eigenvalue weighted by molar-refractivity contribution is 7.80. The first-order valence-corrected chi connectivity index (χ1v) is 5.63. The van der Waals surface area contributed by atoms with Gasteiger partial charge >= 0.3 is 5.97 Å². The van der Waals surface area contributed by atoms with Gasteiger partial charge in [0.15, 0.2) is 6.61 Å². The Morgan fingerprint density at radius 2 is 2.19 bits per heavy atom. The molecule has 1 aromatic rings. The second kappa shape index (κ2) is 6.43. The van der Waals surface area contributed by atoms with Crippen molar-refractivity contribution in [2.45, 2.75) is 24.7 Å². The molecule has 0 heterocycles. The quantitative estimate of drug-likeness (QED) is 0.634. The Kier molecular flexibility index (Phi) is 5.19. The molecule has 16 heavy (non-hydrogen) atoms. The molecule has 0 aliphatic carbocycles. The van der Waals surface area contributed by atoms with Gasteiger partial charge in [0.1, 0.15) is 5.75 Å². The summed E-state index contributed by atoms with van der Waals surface area (Å²) in [5.41, 5.74) is 1.07. The lowest BCUT2D eigenvalue weighted by molar-refractivity contribution is -0.142. The lowest BCUT2D eigenvalue weighted by Gasteiger charge is -2.10. The first-order valence-electron chi connectivity index (χ1n) is 5.19. The largest absolute Gasteiger partial charge is 0.482 e. The van der Waals surface area contributed by atoms with Crippen LogP contribution in [0.5, 0.6) is 5.75 Å². The van der Waals surface area contributed by atoms with Gasteiger partial charge < -0.3 is 9.47 Å². The van der Waals surface area contributed by atoms with E-state index >= 15 is 0 Å². The zero-order valence-electron chi connectivity index (χ0n) is 9.53. The number of ether oxygens (including phenoxy) is 2.